The van der Waals surface area contributed by atoms with E-state index < -0.39 is 0 Å². The van der Waals surface area contributed by atoms with Crippen molar-refractivity contribution >= 4 is 11.1 Å². The summed E-state index contributed by atoms with van der Waals surface area (Å²) in [5, 5.41) is 11.2. The van der Waals surface area contributed by atoms with Crippen LogP contribution < -0.4 is 0 Å². The average molecular weight is 135 g/mol. The molecule has 0 unspecified atom stereocenters. The molecule has 0 atom stereocenters. The summed E-state index contributed by atoms with van der Waals surface area (Å²) in [6.45, 7) is 1.83. The van der Waals surface area contributed by atoms with Gasteiger partial charge in [-0.15, -0.1) is 5.10 Å². The van der Waals surface area contributed by atoms with E-state index in [0.29, 0.717) is 5.58 Å². The molecule has 2 heterocycles. The molecule has 0 radical (unpaired) electrons. The number of hydrogen-bond acceptors (Lipinski definition) is 4. The minimum Gasteiger partial charge on any atom is -0.354 e. The van der Waals surface area contributed by atoms with Crippen LogP contribution in [0.1, 0.15) is 5.69 Å². The summed E-state index contributed by atoms with van der Waals surface area (Å²) in [6.07, 6.45) is 1.58. The van der Waals surface area contributed by atoms with Crippen molar-refractivity contribution in [3.63, 3.8) is 0 Å². The summed E-state index contributed by atoms with van der Waals surface area (Å²) in [5.41, 5.74) is 2.21. The van der Waals surface area contributed by atoms with E-state index >= 15 is 0 Å². The number of fused-ring (bicyclic) bond motifs is 1. The molecule has 0 aromatic carbocycles. The van der Waals surface area contributed by atoms with Crippen molar-refractivity contribution in [2.75, 3.05) is 0 Å². The number of aromatic nitrogens is 3. The first kappa shape index (κ1) is 5.34. The van der Waals surface area contributed by atoms with Gasteiger partial charge in [0.2, 0.25) is 0 Å². The number of rotatable bonds is 0. The maximum Gasteiger partial charge on any atom is 0.189 e. The second-order valence-corrected chi connectivity index (χ2v) is 2.01. The highest BCUT2D eigenvalue weighted by molar-refractivity contribution is 5.72. The highest BCUT2D eigenvalue weighted by Crippen LogP contribution is 2.11. The van der Waals surface area contributed by atoms with Crippen molar-refractivity contribution in [3.05, 3.63) is 18.0 Å². The van der Waals surface area contributed by atoms with Crippen molar-refractivity contribution < 1.29 is 4.52 Å². The van der Waals surface area contributed by atoms with Gasteiger partial charge in [0.05, 0.1) is 6.20 Å². The normalized spacial score (nSPS) is 10.5. The lowest BCUT2D eigenvalue weighted by Gasteiger charge is -1.80. The Morgan fingerprint density at radius 1 is 1.50 bits per heavy atom. The van der Waals surface area contributed by atoms with E-state index in [-0.39, 0.29) is 0 Å². The monoisotopic (exact) mass is 135 g/mol. The van der Waals surface area contributed by atoms with Crippen LogP contribution in [-0.4, -0.2) is 15.4 Å². The maximum absolute atomic E-state index is 4.90. The molecule has 0 aliphatic heterocycles. The maximum atomic E-state index is 4.90. The highest BCUT2D eigenvalue weighted by atomic mass is 16.5. The molecule has 4 nitrogen and oxygen atoms in total. The summed E-state index contributed by atoms with van der Waals surface area (Å²) >= 11 is 0. The highest BCUT2D eigenvalue weighted by Gasteiger charge is 2.02. The Kier molecular flexibility index (Phi) is 0.943. The zero-order valence-corrected chi connectivity index (χ0v) is 5.40. The topological polar surface area (TPSA) is 51.8 Å². The van der Waals surface area contributed by atoms with Crippen molar-refractivity contribution in [1.29, 1.82) is 0 Å². The molecule has 2 aromatic rings. The summed E-state index contributed by atoms with van der Waals surface area (Å²) in [6, 6.07) is 1.74. The largest absolute Gasteiger partial charge is 0.354 e. The van der Waals surface area contributed by atoms with Gasteiger partial charge in [0.15, 0.2) is 11.1 Å². The fraction of sp³-hybridized carbons (Fsp3) is 0.167. The Morgan fingerprint density at radius 2 is 2.40 bits per heavy atom. The molecule has 0 amide bonds. The van der Waals surface area contributed by atoms with E-state index in [2.05, 4.69) is 15.4 Å². The molecule has 0 saturated carbocycles. The van der Waals surface area contributed by atoms with Crippen LogP contribution in [0.4, 0.5) is 0 Å². The Morgan fingerprint density at radius 3 is 3.20 bits per heavy atom. The van der Waals surface area contributed by atoms with E-state index in [0.717, 1.165) is 11.2 Å². The van der Waals surface area contributed by atoms with Crippen molar-refractivity contribution in [1.82, 2.24) is 15.4 Å². The third kappa shape index (κ3) is 0.586. The second-order valence-electron chi connectivity index (χ2n) is 2.01. The lowest BCUT2D eigenvalue weighted by Crippen LogP contribution is -1.79. The first-order valence-electron chi connectivity index (χ1n) is 2.91. The Balaban J connectivity index is 2.93. The van der Waals surface area contributed by atoms with Gasteiger partial charge >= 0.3 is 0 Å². The molecule has 0 N–H and O–H groups in total. The number of nitrogens with zero attached hydrogens (tertiary/aromatic N) is 3. The minimum atomic E-state index is 0.688. The zero-order valence-electron chi connectivity index (χ0n) is 5.40. The number of hydrogen-bond donors (Lipinski definition) is 0. The van der Waals surface area contributed by atoms with Crippen LogP contribution in [0, 0.1) is 6.92 Å². The summed E-state index contributed by atoms with van der Waals surface area (Å²) in [7, 11) is 0. The molecular weight excluding hydrogens is 130 g/mol. The molecule has 2 rings (SSSR count). The molecule has 0 aliphatic rings. The molecule has 0 saturated heterocycles. The smallest absolute Gasteiger partial charge is 0.189 e. The number of aryl methyl sites for hydroxylation is 1. The van der Waals surface area contributed by atoms with Crippen LogP contribution in [-0.2, 0) is 0 Å². The predicted molar refractivity (Wildman–Crippen MR) is 34.3 cm³/mol. The summed E-state index contributed by atoms with van der Waals surface area (Å²) in [5.74, 6) is 0. The lowest BCUT2D eigenvalue weighted by molar-refractivity contribution is 0.450. The van der Waals surface area contributed by atoms with Crippen LogP contribution in [0.5, 0.6) is 0 Å². The van der Waals surface area contributed by atoms with Crippen LogP contribution in [0.3, 0.4) is 0 Å². The van der Waals surface area contributed by atoms with Crippen molar-refractivity contribution in [2.24, 2.45) is 0 Å². The molecule has 0 fully saturated rings. The van der Waals surface area contributed by atoms with Crippen LogP contribution in [0.25, 0.3) is 11.1 Å². The quantitative estimate of drug-likeness (QED) is 0.539. The Labute approximate surface area is 56.9 Å². The molecule has 10 heavy (non-hydrogen) atoms. The van der Waals surface area contributed by atoms with Gasteiger partial charge in [0, 0.05) is 6.07 Å². The first-order chi connectivity index (χ1) is 4.88. The van der Waals surface area contributed by atoms with Crippen LogP contribution in [0.15, 0.2) is 16.8 Å². The molecule has 0 aliphatic carbocycles. The van der Waals surface area contributed by atoms with Gasteiger partial charge in [0.1, 0.15) is 5.69 Å². The Bertz CT molecular complexity index is 355. The van der Waals surface area contributed by atoms with E-state index in [1.165, 1.54) is 0 Å². The SMILES string of the molecule is Cc1noc2ccnnc12. The predicted octanol–water partition coefficient (Wildman–Crippen LogP) is 0.926. The van der Waals surface area contributed by atoms with E-state index in [4.69, 9.17) is 4.52 Å². The molecular formula is C6H5N3O. The molecule has 0 spiro atoms. The van der Waals surface area contributed by atoms with E-state index in [9.17, 15) is 0 Å². The zero-order chi connectivity index (χ0) is 6.97. The van der Waals surface area contributed by atoms with Gasteiger partial charge in [-0.2, -0.15) is 5.10 Å². The second kappa shape index (κ2) is 1.76. The lowest BCUT2D eigenvalue weighted by atomic mass is 10.4. The molecule has 0 bridgehead atoms. The van der Waals surface area contributed by atoms with Gasteiger partial charge in [-0.25, -0.2) is 0 Å². The average Bonchev–Trinajstić information content (AvgIpc) is 2.34. The van der Waals surface area contributed by atoms with Crippen LogP contribution in [0.2, 0.25) is 0 Å². The summed E-state index contributed by atoms with van der Waals surface area (Å²) in [4.78, 5) is 0. The van der Waals surface area contributed by atoms with Crippen LogP contribution >= 0.6 is 0 Å². The van der Waals surface area contributed by atoms with E-state index in [1.807, 2.05) is 6.92 Å². The van der Waals surface area contributed by atoms with Gasteiger partial charge in [0.25, 0.3) is 0 Å². The van der Waals surface area contributed by atoms with Gasteiger partial charge in [-0.1, -0.05) is 5.16 Å². The molecule has 50 valence electrons. The Hall–Kier alpha value is -1.45. The van der Waals surface area contributed by atoms with E-state index in [1.54, 1.807) is 12.3 Å². The van der Waals surface area contributed by atoms with Gasteiger partial charge < -0.3 is 4.52 Å². The third-order valence-corrected chi connectivity index (χ3v) is 1.31. The van der Waals surface area contributed by atoms with Crippen molar-refractivity contribution in [2.45, 2.75) is 6.92 Å². The van der Waals surface area contributed by atoms with Gasteiger partial charge in [-0.3, -0.25) is 0 Å². The standard InChI is InChI=1S/C6H5N3O/c1-4-6-5(10-9-4)2-3-7-8-6/h2-3H,1H3. The molecule has 2 aromatic heterocycles. The van der Waals surface area contributed by atoms with Gasteiger partial charge in [-0.05, 0) is 6.92 Å². The fourth-order valence-corrected chi connectivity index (χ4v) is 0.806. The molecule has 4 heteroatoms. The minimum absolute atomic E-state index is 0.688. The first-order valence-corrected chi connectivity index (χ1v) is 2.91. The third-order valence-electron chi connectivity index (χ3n) is 1.31. The summed E-state index contributed by atoms with van der Waals surface area (Å²) < 4.78 is 4.90. The fourth-order valence-electron chi connectivity index (χ4n) is 0.806. The van der Waals surface area contributed by atoms with Crippen molar-refractivity contribution in [3.8, 4) is 0 Å².